The summed E-state index contributed by atoms with van der Waals surface area (Å²) in [6, 6.07) is 7.87. The molecule has 2 N–H and O–H groups in total. The third-order valence-corrected chi connectivity index (χ3v) is 3.55. The highest BCUT2D eigenvalue weighted by Gasteiger charge is 2.24. The molecule has 2 aromatic rings. The van der Waals surface area contributed by atoms with Crippen LogP contribution in [0.2, 0.25) is 0 Å². The quantitative estimate of drug-likeness (QED) is 0.894. The summed E-state index contributed by atoms with van der Waals surface area (Å²) in [4.78, 5) is 22.1. The van der Waals surface area contributed by atoms with Crippen molar-refractivity contribution in [2.24, 2.45) is 5.73 Å². The molecule has 20 heavy (non-hydrogen) atoms. The Bertz CT molecular complexity index is 696. The highest BCUT2D eigenvalue weighted by Crippen LogP contribution is 2.31. The minimum Gasteiger partial charge on any atom is -0.325 e. The van der Waals surface area contributed by atoms with Crippen LogP contribution in [0.4, 0.5) is 5.69 Å². The minimum atomic E-state index is 0.124. The lowest BCUT2D eigenvalue weighted by Gasteiger charge is -2.11. The van der Waals surface area contributed by atoms with Crippen molar-refractivity contribution in [2.75, 3.05) is 11.9 Å². The van der Waals surface area contributed by atoms with Crippen molar-refractivity contribution >= 4 is 11.6 Å². The molecular weight excluding hydrogens is 252 g/mol. The van der Waals surface area contributed by atoms with E-state index in [4.69, 9.17) is 5.73 Å². The van der Waals surface area contributed by atoms with Gasteiger partial charge in [0, 0.05) is 24.8 Å². The fraction of sp³-hybridized carbons (Fsp3) is 0.267. The second-order valence-corrected chi connectivity index (χ2v) is 4.97. The number of carbonyl (C=O) groups is 1. The molecular formula is C15H16N4O. The number of carbonyl (C=O) groups excluding carboxylic acids is 1. The van der Waals surface area contributed by atoms with Gasteiger partial charge in [0.05, 0.1) is 17.8 Å². The number of amides is 1. The average Bonchev–Trinajstić information content (AvgIpc) is 2.73. The number of fused-ring (bicyclic) bond motifs is 1. The SMILES string of the molecule is Cc1nc(CN)cc(-c2ccc3c(c2)CC(=O)N3C)n1. The van der Waals surface area contributed by atoms with E-state index in [0.29, 0.717) is 18.8 Å². The maximum atomic E-state index is 11.7. The number of likely N-dealkylation sites (N-methyl/N-ethyl adjacent to an activating group) is 1. The Labute approximate surface area is 117 Å². The van der Waals surface area contributed by atoms with Crippen LogP contribution in [0, 0.1) is 6.92 Å². The van der Waals surface area contributed by atoms with Gasteiger partial charge in [-0.05, 0) is 30.7 Å². The van der Waals surface area contributed by atoms with Crippen LogP contribution in [0.1, 0.15) is 17.1 Å². The van der Waals surface area contributed by atoms with Crippen LogP contribution in [0.15, 0.2) is 24.3 Å². The number of anilines is 1. The largest absolute Gasteiger partial charge is 0.325 e. The molecule has 1 amide bonds. The highest BCUT2D eigenvalue weighted by molar-refractivity contribution is 6.01. The molecule has 0 atom stereocenters. The lowest BCUT2D eigenvalue weighted by molar-refractivity contribution is -0.117. The monoisotopic (exact) mass is 268 g/mol. The number of hydrogen-bond acceptors (Lipinski definition) is 4. The molecule has 2 heterocycles. The first-order chi connectivity index (χ1) is 9.58. The predicted molar refractivity (Wildman–Crippen MR) is 77.2 cm³/mol. The Morgan fingerprint density at radius 2 is 2.10 bits per heavy atom. The molecule has 0 saturated heterocycles. The first-order valence-corrected chi connectivity index (χ1v) is 6.53. The zero-order valence-corrected chi connectivity index (χ0v) is 11.6. The fourth-order valence-corrected chi connectivity index (χ4v) is 2.51. The van der Waals surface area contributed by atoms with Gasteiger partial charge in [0.15, 0.2) is 0 Å². The summed E-state index contributed by atoms with van der Waals surface area (Å²) >= 11 is 0. The Hall–Kier alpha value is -2.27. The van der Waals surface area contributed by atoms with Crippen LogP contribution in [0.3, 0.4) is 0 Å². The molecule has 1 aliphatic heterocycles. The van der Waals surface area contributed by atoms with Crippen LogP contribution in [-0.2, 0) is 17.8 Å². The van der Waals surface area contributed by atoms with E-state index in [0.717, 1.165) is 28.2 Å². The van der Waals surface area contributed by atoms with Crippen molar-refractivity contribution in [3.8, 4) is 11.3 Å². The lowest BCUT2D eigenvalue weighted by atomic mass is 10.1. The van der Waals surface area contributed by atoms with Crippen LogP contribution in [-0.4, -0.2) is 22.9 Å². The number of nitrogens with zero attached hydrogens (tertiary/aromatic N) is 3. The number of hydrogen-bond donors (Lipinski definition) is 1. The van der Waals surface area contributed by atoms with Crippen molar-refractivity contribution < 1.29 is 4.79 Å². The van der Waals surface area contributed by atoms with E-state index < -0.39 is 0 Å². The second-order valence-electron chi connectivity index (χ2n) is 4.97. The average molecular weight is 268 g/mol. The van der Waals surface area contributed by atoms with Crippen molar-refractivity contribution in [3.05, 3.63) is 41.3 Å². The third kappa shape index (κ3) is 2.06. The van der Waals surface area contributed by atoms with Crippen molar-refractivity contribution in [1.82, 2.24) is 9.97 Å². The van der Waals surface area contributed by atoms with E-state index in [1.807, 2.05) is 31.2 Å². The molecule has 0 spiro atoms. The molecule has 5 nitrogen and oxygen atoms in total. The zero-order chi connectivity index (χ0) is 14.3. The first kappa shape index (κ1) is 12.7. The molecule has 1 aliphatic rings. The van der Waals surface area contributed by atoms with Crippen LogP contribution in [0.5, 0.6) is 0 Å². The van der Waals surface area contributed by atoms with Crippen LogP contribution < -0.4 is 10.6 Å². The fourth-order valence-electron chi connectivity index (χ4n) is 2.51. The van der Waals surface area contributed by atoms with Gasteiger partial charge >= 0.3 is 0 Å². The van der Waals surface area contributed by atoms with E-state index >= 15 is 0 Å². The predicted octanol–water partition coefficient (Wildman–Crippen LogP) is 1.43. The standard InChI is InChI=1S/C15H16N4O/c1-9-17-12(8-16)7-13(18-9)10-3-4-14-11(5-10)6-15(20)19(14)2/h3-5,7H,6,8,16H2,1-2H3. The van der Waals surface area contributed by atoms with Gasteiger partial charge in [0.25, 0.3) is 0 Å². The summed E-state index contributed by atoms with van der Waals surface area (Å²) in [5.74, 6) is 0.829. The third-order valence-electron chi connectivity index (χ3n) is 3.55. The molecule has 1 aromatic carbocycles. The van der Waals surface area contributed by atoms with Crippen molar-refractivity contribution in [3.63, 3.8) is 0 Å². The summed E-state index contributed by atoms with van der Waals surface area (Å²) in [7, 11) is 1.80. The van der Waals surface area contributed by atoms with Crippen molar-refractivity contribution in [2.45, 2.75) is 19.9 Å². The molecule has 0 saturated carbocycles. The molecule has 3 rings (SSSR count). The normalized spacial score (nSPS) is 13.8. The van der Waals surface area contributed by atoms with Gasteiger partial charge < -0.3 is 10.6 Å². The number of aromatic nitrogens is 2. The van der Waals surface area contributed by atoms with E-state index in [1.165, 1.54) is 0 Å². The van der Waals surface area contributed by atoms with Crippen LogP contribution in [0.25, 0.3) is 11.3 Å². The minimum absolute atomic E-state index is 0.124. The maximum Gasteiger partial charge on any atom is 0.231 e. The van der Waals surface area contributed by atoms with Gasteiger partial charge in [-0.3, -0.25) is 4.79 Å². The van der Waals surface area contributed by atoms with Gasteiger partial charge in [0.2, 0.25) is 5.91 Å². The smallest absolute Gasteiger partial charge is 0.231 e. The molecule has 0 aliphatic carbocycles. The molecule has 0 unspecified atom stereocenters. The number of benzene rings is 1. The lowest BCUT2D eigenvalue weighted by Crippen LogP contribution is -2.20. The number of rotatable bonds is 2. The molecule has 1 aromatic heterocycles. The van der Waals surface area contributed by atoms with Crippen molar-refractivity contribution in [1.29, 1.82) is 0 Å². The summed E-state index contributed by atoms with van der Waals surface area (Å²) in [6.07, 6.45) is 0.452. The molecule has 0 radical (unpaired) electrons. The van der Waals surface area contributed by atoms with Gasteiger partial charge in [-0.1, -0.05) is 6.07 Å². The number of aryl methyl sites for hydroxylation is 1. The summed E-state index contributed by atoms with van der Waals surface area (Å²) < 4.78 is 0. The molecule has 102 valence electrons. The van der Waals surface area contributed by atoms with E-state index in [2.05, 4.69) is 9.97 Å². The van der Waals surface area contributed by atoms with Gasteiger partial charge in [-0.15, -0.1) is 0 Å². The van der Waals surface area contributed by atoms with Gasteiger partial charge in [-0.2, -0.15) is 0 Å². The first-order valence-electron chi connectivity index (χ1n) is 6.53. The summed E-state index contributed by atoms with van der Waals surface area (Å²) in [5.41, 5.74) is 10.3. The second kappa shape index (κ2) is 4.68. The highest BCUT2D eigenvalue weighted by atomic mass is 16.2. The number of nitrogens with two attached hydrogens (primary N) is 1. The Morgan fingerprint density at radius 3 is 2.85 bits per heavy atom. The van der Waals surface area contributed by atoms with Gasteiger partial charge in [0.1, 0.15) is 5.82 Å². The Kier molecular flexibility index (Phi) is 2.99. The van der Waals surface area contributed by atoms with E-state index in [-0.39, 0.29) is 5.91 Å². The van der Waals surface area contributed by atoms with E-state index in [1.54, 1.807) is 11.9 Å². The molecule has 0 bridgehead atoms. The van der Waals surface area contributed by atoms with Gasteiger partial charge in [-0.25, -0.2) is 9.97 Å². The Morgan fingerprint density at radius 1 is 1.30 bits per heavy atom. The van der Waals surface area contributed by atoms with Crippen LogP contribution >= 0.6 is 0 Å². The van der Waals surface area contributed by atoms with E-state index in [9.17, 15) is 4.79 Å². The maximum absolute atomic E-state index is 11.7. The molecule has 5 heteroatoms. The Balaban J connectivity index is 2.06. The zero-order valence-electron chi connectivity index (χ0n) is 11.6. The summed E-state index contributed by atoms with van der Waals surface area (Å²) in [5, 5.41) is 0. The molecule has 0 fully saturated rings. The topological polar surface area (TPSA) is 72.1 Å². The summed E-state index contributed by atoms with van der Waals surface area (Å²) in [6.45, 7) is 2.25.